The summed E-state index contributed by atoms with van der Waals surface area (Å²) in [6.07, 6.45) is 0. The smallest absolute Gasteiger partial charge is 0.243 e. The number of amides is 1. The third kappa shape index (κ3) is 1.78. The molecular formula is C11H12N2O2S. The van der Waals surface area contributed by atoms with E-state index in [-0.39, 0.29) is 11.1 Å². The minimum atomic E-state index is -0.0705. The molecule has 2 rings (SSSR count). The number of amidine groups is 1. The van der Waals surface area contributed by atoms with Gasteiger partial charge in [0.15, 0.2) is 5.17 Å². The van der Waals surface area contributed by atoms with Crippen LogP contribution in [0.25, 0.3) is 0 Å². The van der Waals surface area contributed by atoms with Crippen LogP contribution in [0.15, 0.2) is 18.2 Å². The second kappa shape index (κ2) is 4.17. The molecule has 5 heteroatoms. The van der Waals surface area contributed by atoms with E-state index < -0.39 is 0 Å². The predicted molar refractivity (Wildman–Crippen MR) is 65.4 cm³/mol. The summed E-state index contributed by atoms with van der Waals surface area (Å²) < 4.78 is 5.21. The Morgan fingerprint density at radius 2 is 2.25 bits per heavy atom. The normalized spacial score (nSPS) is 15.8. The molecule has 1 heterocycles. The van der Waals surface area contributed by atoms with Crippen LogP contribution in [-0.4, -0.2) is 23.9 Å². The van der Waals surface area contributed by atoms with Crippen LogP contribution in [0.1, 0.15) is 5.56 Å². The lowest BCUT2D eigenvalue weighted by molar-refractivity contribution is -0.115. The molecule has 16 heavy (non-hydrogen) atoms. The number of thioether (sulfide) groups is 1. The summed E-state index contributed by atoms with van der Waals surface area (Å²) in [7, 11) is 1.56. The van der Waals surface area contributed by atoms with Gasteiger partial charge in [0, 0.05) is 0 Å². The van der Waals surface area contributed by atoms with Gasteiger partial charge in [0.2, 0.25) is 5.91 Å². The van der Waals surface area contributed by atoms with E-state index >= 15 is 0 Å². The van der Waals surface area contributed by atoms with Crippen LogP contribution in [0, 0.1) is 12.3 Å². The van der Waals surface area contributed by atoms with E-state index in [1.807, 2.05) is 25.1 Å². The van der Waals surface area contributed by atoms with Gasteiger partial charge in [-0.1, -0.05) is 17.8 Å². The summed E-state index contributed by atoms with van der Waals surface area (Å²) >= 11 is 1.24. The number of nitrogens with one attached hydrogen (secondary N) is 1. The molecule has 1 aliphatic heterocycles. The van der Waals surface area contributed by atoms with Gasteiger partial charge in [-0.05, 0) is 24.6 Å². The summed E-state index contributed by atoms with van der Waals surface area (Å²) in [5.41, 5.74) is 1.69. The maximum absolute atomic E-state index is 11.7. The number of aryl methyl sites for hydroxylation is 1. The van der Waals surface area contributed by atoms with Crippen molar-refractivity contribution in [1.29, 1.82) is 5.41 Å². The molecule has 1 aromatic carbocycles. The zero-order valence-corrected chi connectivity index (χ0v) is 9.93. The Labute approximate surface area is 98.1 Å². The van der Waals surface area contributed by atoms with Crippen molar-refractivity contribution < 1.29 is 9.53 Å². The van der Waals surface area contributed by atoms with Crippen molar-refractivity contribution in [1.82, 2.24) is 0 Å². The van der Waals surface area contributed by atoms with Crippen molar-refractivity contribution in [2.24, 2.45) is 0 Å². The third-order valence-corrected chi connectivity index (χ3v) is 3.21. The number of hydrogen-bond donors (Lipinski definition) is 1. The molecule has 0 bridgehead atoms. The highest BCUT2D eigenvalue weighted by atomic mass is 32.2. The summed E-state index contributed by atoms with van der Waals surface area (Å²) in [5.74, 6) is 0.876. The van der Waals surface area contributed by atoms with Crippen molar-refractivity contribution >= 4 is 28.5 Å². The SMILES string of the molecule is COc1ccc(C)cc1N1C(=N)SCC1=O. The number of ether oxygens (including phenoxy) is 1. The van der Waals surface area contributed by atoms with Crippen molar-refractivity contribution in [3.8, 4) is 5.75 Å². The predicted octanol–water partition coefficient (Wildman–Crippen LogP) is 2.02. The number of hydrogen-bond acceptors (Lipinski definition) is 4. The zero-order chi connectivity index (χ0) is 11.7. The first-order valence-corrected chi connectivity index (χ1v) is 5.81. The van der Waals surface area contributed by atoms with E-state index in [2.05, 4.69) is 0 Å². The first-order chi connectivity index (χ1) is 7.63. The van der Waals surface area contributed by atoms with Crippen molar-refractivity contribution in [3.63, 3.8) is 0 Å². The van der Waals surface area contributed by atoms with E-state index in [1.165, 1.54) is 16.7 Å². The number of carbonyl (C=O) groups excluding carboxylic acids is 1. The molecule has 0 aliphatic carbocycles. The van der Waals surface area contributed by atoms with Gasteiger partial charge in [-0.15, -0.1) is 0 Å². The average molecular weight is 236 g/mol. The van der Waals surface area contributed by atoms with Gasteiger partial charge < -0.3 is 4.74 Å². The number of rotatable bonds is 2. The number of nitrogens with zero attached hydrogens (tertiary/aromatic N) is 1. The van der Waals surface area contributed by atoms with Crippen molar-refractivity contribution in [3.05, 3.63) is 23.8 Å². The monoisotopic (exact) mass is 236 g/mol. The first-order valence-electron chi connectivity index (χ1n) is 4.82. The fraction of sp³-hybridized carbons (Fsp3) is 0.273. The molecule has 84 valence electrons. The fourth-order valence-electron chi connectivity index (χ4n) is 1.59. The molecule has 0 aromatic heterocycles. The molecule has 1 saturated heterocycles. The van der Waals surface area contributed by atoms with Crippen LogP contribution < -0.4 is 9.64 Å². The van der Waals surface area contributed by atoms with E-state index in [0.717, 1.165) is 5.56 Å². The Balaban J connectivity index is 2.49. The minimum Gasteiger partial charge on any atom is -0.495 e. The number of carbonyl (C=O) groups is 1. The van der Waals surface area contributed by atoms with Gasteiger partial charge >= 0.3 is 0 Å². The maximum Gasteiger partial charge on any atom is 0.243 e. The van der Waals surface area contributed by atoms with Crippen LogP contribution in [0.2, 0.25) is 0 Å². The van der Waals surface area contributed by atoms with E-state index in [0.29, 0.717) is 17.2 Å². The lowest BCUT2D eigenvalue weighted by Gasteiger charge is -2.18. The molecule has 1 aliphatic rings. The van der Waals surface area contributed by atoms with Gasteiger partial charge in [-0.25, -0.2) is 0 Å². The molecular weight excluding hydrogens is 224 g/mol. The third-order valence-electron chi connectivity index (χ3n) is 2.36. The van der Waals surface area contributed by atoms with Gasteiger partial charge in [0.25, 0.3) is 0 Å². The van der Waals surface area contributed by atoms with Gasteiger partial charge in [0.05, 0.1) is 18.6 Å². The second-order valence-corrected chi connectivity index (χ2v) is 4.46. The van der Waals surface area contributed by atoms with Crippen LogP contribution in [-0.2, 0) is 4.79 Å². The van der Waals surface area contributed by atoms with Gasteiger partial charge in [-0.2, -0.15) is 0 Å². The molecule has 0 radical (unpaired) electrons. The highest BCUT2D eigenvalue weighted by Gasteiger charge is 2.30. The minimum absolute atomic E-state index is 0.0705. The highest BCUT2D eigenvalue weighted by molar-refractivity contribution is 8.15. The summed E-state index contributed by atoms with van der Waals surface area (Å²) in [6, 6.07) is 5.59. The lowest BCUT2D eigenvalue weighted by atomic mass is 10.2. The van der Waals surface area contributed by atoms with Crippen molar-refractivity contribution in [2.75, 3.05) is 17.8 Å². The second-order valence-electron chi connectivity index (χ2n) is 3.50. The Hall–Kier alpha value is -1.49. The Morgan fingerprint density at radius 1 is 1.50 bits per heavy atom. The molecule has 0 saturated carbocycles. The Kier molecular flexibility index (Phi) is 2.87. The maximum atomic E-state index is 11.7. The summed E-state index contributed by atoms with van der Waals surface area (Å²) in [5, 5.41) is 7.99. The average Bonchev–Trinajstić information content (AvgIpc) is 2.58. The summed E-state index contributed by atoms with van der Waals surface area (Å²) in [4.78, 5) is 13.1. The number of benzene rings is 1. The molecule has 0 spiro atoms. The van der Waals surface area contributed by atoms with Crippen molar-refractivity contribution in [2.45, 2.75) is 6.92 Å². The van der Waals surface area contributed by atoms with E-state index in [4.69, 9.17) is 10.1 Å². The quantitative estimate of drug-likeness (QED) is 0.854. The van der Waals surface area contributed by atoms with E-state index in [1.54, 1.807) is 7.11 Å². The highest BCUT2D eigenvalue weighted by Crippen LogP contribution is 2.34. The summed E-state index contributed by atoms with van der Waals surface area (Å²) in [6.45, 7) is 1.94. The largest absolute Gasteiger partial charge is 0.495 e. The molecule has 0 atom stereocenters. The first kappa shape index (κ1) is 11.0. The van der Waals surface area contributed by atoms with E-state index in [9.17, 15) is 4.79 Å². The molecule has 0 unspecified atom stereocenters. The molecule has 1 aromatic rings. The van der Waals surface area contributed by atoms with Crippen LogP contribution in [0.4, 0.5) is 5.69 Å². The standard InChI is InChI=1S/C11H12N2O2S/c1-7-3-4-9(15-2)8(5-7)13-10(14)6-16-11(13)12/h3-5,12H,6H2,1-2H3. The van der Waals surface area contributed by atoms with Crippen LogP contribution in [0.3, 0.4) is 0 Å². The van der Waals surface area contributed by atoms with Crippen LogP contribution >= 0.6 is 11.8 Å². The molecule has 4 nitrogen and oxygen atoms in total. The molecule has 1 fully saturated rings. The molecule has 1 N–H and O–H groups in total. The number of methoxy groups -OCH3 is 1. The Bertz CT molecular complexity index is 443. The van der Waals surface area contributed by atoms with Crippen LogP contribution in [0.5, 0.6) is 5.75 Å². The molecule has 1 amide bonds. The number of anilines is 1. The Morgan fingerprint density at radius 3 is 2.81 bits per heavy atom. The lowest BCUT2D eigenvalue weighted by Crippen LogP contribution is -2.29. The fourth-order valence-corrected chi connectivity index (χ4v) is 2.31. The topological polar surface area (TPSA) is 53.4 Å². The van der Waals surface area contributed by atoms with Gasteiger partial charge in [-0.3, -0.25) is 15.1 Å². The zero-order valence-electron chi connectivity index (χ0n) is 9.11. The van der Waals surface area contributed by atoms with Gasteiger partial charge in [0.1, 0.15) is 5.75 Å².